The molecule has 0 aliphatic carbocycles. The van der Waals surface area contributed by atoms with Crippen molar-refractivity contribution in [3.05, 3.63) is 29.8 Å². The molecular weight excluding hydrogens is 310 g/mol. The third-order valence-electron chi connectivity index (χ3n) is 3.68. The number of hydrogen-bond acceptors (Lipinski definition) is 3. The van der Waals surface area contributed by atoms with E-state index in [1.807, 2.05) is 30.5 Å². The molecule has 128 valence electrons. The minimum Gasteiger partial charge on any atom is -0.352 e. The molecule has 0 saturated heterocycles. The Kier molecular flexibility index (Phi) is 6.94. The number of benzene rings is 1. The van der Waals surface area contributed by atoms with Gasteiger partial charge in [-0.3, -0.25) is 4.79 Å². The second-order valence-electron chi connectivity index (χ2n) is 6.54. The predicted octanol–water partition coefficient (Wildman–Crippen LogP) is 2.74. The third kappa shape index (κ3) is 5.78. The molecule has 0 spiro atoms. The lowest BCUT2D eigenvalue weighted by Crippen LogP contribution is -2.49. The molecule has 0 aliphatic heterocycles. The summed E-state index contributed by atoms with van der Waals surface area (Å²) in [6.07, 6.45) is 2.51. The lowest BCUT2D eigenvalue weighted by atomic mass is 9.87. The summed E-state index contributed by atoms with van der Waals surface area (Å²) in [4.78, 5) is 25.3. The molecule has 0 fully saturated rings. The van der Waals surface area contributed by atoms with Crippen LogP contribution in [0.15, 0.2) is 24.3 Å². The van der Waals surface area contributed by atoms with Crippen LogP contribution < -0.4 is 16.0 Å². The number of nitrogens with two attached hydrogens (primary N) is 1. The second kappa shape index (κ2) is 8.24. The monoisotopic (exact) mass is 337 g/mol. The van der Waals surface area contributed by atoms with E-state index in [2.05, 4.69) is 26.1 Å². The fourth-order valence-corrected chi connectivity index (χ4v) is 2.68. The summed E-state index contributed by atoms with van der Waals surface area (Å²) >= 11 is 1.62. The number of thioether (sulfide) groups is 1. The van der Waals surface area contributed by atoms with Gasteiger partial charge in [0.05, 0.1) is 0 Å². The van der Waals surface area contributed by atoms with Crippen LogP contribution in [0.2, 0.25) is 0 Å². The molecule has 1 aromatic carbocycles. The molecule has 0 heterocycles. The van der Waals surface area contributed by atoms with Crippen LogP contribution in [-0.2, 0) is 10.2 Å². The Morgan fingerprint density at radius 3 is 2.26 bits per heavy atom. The fourth-order valence-electron chi connectivity index (χ4n) is 2.21. The van der Waals surface area contributed by atoms with E-state index in [-0.39, 0.29) is 11.3 Å². The lowest BCUT2D eigenvalue weighted by Gasteiger charge is -2.25. The number of rotatable bonds is 6. The zero-order chi connectivity index (χ0) is 17.6. The number of primary amides is 1. The van der Waals surface area contributed by atoms with Crippen LogP contribution in [0.1, 0.15) is 32.8 Å². The first-order chi connectivity index (χ1) is 10.7. The van der Waals surface area contributed by atoms with Crippen molar-refractivity contribution in [2.75, 3.05) is 24.0 Å². The molecule has 5 nitrogen and oxygen atoms in total. The van der Waals surface area contributed by atoms with Crippen LogP contribution in [0.25, 0.3) is 0 Å². The highest BCUT2D eigenvalue weighted by atomic mass is 32.2. The minimum absolute atomic E-state index is 0.0650. The maximum absolute atomic E-state index is 12.6. The minimum atomic E-state index is -0.680. The normalized spacial score (nSPS) is 12.6. The number of anilines is 1. The van der Waals surface area contributed by atoms with E-state index >= 15 is 0 Å². The van der Waals surface area contributed by atoms with Gasteiger partial charge in [0.1, 0.15) is 6.04 Å². The van der Waals surface area contributed by atoms with E-state index in [1.165, 1.54) is 5.56 Å². The molecule has 0 aliphatic rings. The zero-order valence-corrected chi connectivity index (χ0v) is 15.4. The van der Waals surface area contributed by atoms with E-state index in [1.54, 1.807) is 23.7 Å². The van der Waals surface area contributed by atoms with Gasteiger partial charge in [-0.25, -0.2) is 4.79 Å². The van der Waals surface area contributed by atoms with Crippen molar-refractivity contribution < 1.29 is 9.59 Å². The summed E-state index contributed by atoms with van der Waals surface area (Å²) in [5.41, 5.74) is 7.25. The molecule has 1 atom stereocenters. The van der Waals surface area contributed by atoms with Crippen molar-refractivity contribution in [3.63, 3.8) is 0 Å². The molecular formula is C17H27N3O2S. The molecule has 1 rings (SSSR count). The average Bonchev–Trinajstić information content (AvgIpc) is 2.49. The van der Waals surface area contributed by atoms with Gasteiger partial charge in [0.25, 0.3) is 0 Å². The Morgan fingerprint density at radius 1 is 1.26 bits per heavy atom. The van der Waals surface area contributed by atoms with Crippen LogP contribution in [0.3, 0.4) is 0 Å². The van der Waals surface area contributed by atoms with Gasteiger partial charge in [-0.1, -0.05) is 32.9 Å². The van der Waals surface area contributed by atoms with E-state index in [0.29, 0.717) is 6.42 Å². The van der Waals surface area contributed by atoms with Crippen LogP contribution in [-0.4, -0.2) is 37.0 Å². The molecule has 3 amide bonds. The van der Waals surface area contributed by atoms with Crippen molar-refractivity contribution in [2.45, 2.75) is 38.6 Å². The number of urea groups is 1. The summed E-state index contributed by atoms with van der Waals surface area (Å²) in [6, 6.07) is 6.62. The van der Waals surface area contributed by atoms with Crippen LogP contribution in [0.5, 0.6) is 0 Å². The van der Waals surface area contributed by atoms with E-state index in [4.69, 9.17) is 5.73 Å². The number of hydrogen-bond donors (Lipinski definition) is 2. The smallest absolute Gasteiger partial charge is 0.312 e. The predicted molar refractivity (Wildman–Crippen MR) is 98.1 cm³/mol. The summed E-state index contributed by atoms with van der Waals surface area (Å²) in [6.45, 7) is 6.43. The zero-order valence-electron chi connectivity index (χ0n) is 14.6. The number of carbonyl (C=O) groups is 2. The third-order valence-corrected chi connectivity index (χ3v) is 4.32. The molecule has 0 radical (unpaired) electrons. The maximum Gasteiger partial charge on any atom is 0.312 e. The van der Waals surface area contributed by atoms with Crippen molar-refractivity contribution in [2.24, 2.45) is 5.73 Å². The number of nitrogens with zero attached hydrogens (tertiary/aromatic N) is 1. The molecule has 0 aromatic heterocycles. The largest absolute Gasteiger partial charge is 0.352 e. The molecule has 6 heteroatoms. The maximum atomic E-state index is 12.6. The van der Waals surface area contributed by atoms with Gasteiger partial charge in [0, 0.05) is 12.7 Å². The number of amides is 3. The Hall–Kier alpha value is -1.69. The molecule has 0 saturated carbocycles. The Bertz CT molecular complexity index is 538. The quantitative estimate of drug-likeness (QED) is 0.838. The molecule has 1 aromatic rings. The fraction of sp³-hybridized carbons (Fsp3) is 0.529. The molecule has 3 N–H and O–H groups in total. The number of carbonyl (C=O) groups excluding carboxylic acids is 2. The van der Waals surface area contributed by atoms with Crippen molar-refractivity contribution >= 4 is 29.4 Å². The highest BCUT2D eigenvalue weighted by Crippen LogP contribution is 2.25. The van der Waals surface area contributed by atoms with Gasteiger partial charge in [-0.05, 0) is 41.5 Å². The van der Waals surface area contributed by atoms with E-state index < -0.39 is 12.1 Å². The van der Waals surface area contributed by atoms with E-state index in [0.717, 1.165) is 11.4 Å². The van der Waals surface area contributed by atoms with Crippen molar-refractivity contribution in [1.29, 1.82) is 0 Å². The van der Waals surface area contributed by atoms with E-state index in [9.17, 15) is 9.59 Å². The standard InChI is InChI=1S/C17H27N3O2S/c1-17(2,3)12-6-8-13(9-7-12)20(4)15(21)14(10-11-23-5)19-16(18)22/h6-9,14H,10-11H2,1-5H3,(H3,18,19,22). The summed E-state index contributed by atoms with van der Waals surface area (Å²) in [7, 11) is 1.71. The highest BCUT2D eigenvalue weighted by molar-refractivity contribution is 7.98. The first-order valence-corrected chi connectivity index (χ1v) is 8.99. The van der Waals surface area contributed by atoms with Crippen molar-refractivity contribution in [1.82, 2.24) is 5.32 Å². The summed E-state index contributed by atoms with van der Waals surface area (Å²) < 4.78 is 0. The van der Waals surface area contributed by atoms with Gasteiger partial charge in [-0.15, -0.1) is 0 Å². The molecule has 1 unspecified atom stereocenters. The van der Waals surface area contributed by atoms with Gasteiger partial charge in [0.15, 0.2) is 0 Å². The van der Waals surface area contributed by atoms with Gasteiger partial charge in [0.2, 0.25) is 5.91 Å². The first kappa shape index (κ1) is 19.4. The summed E-state index contributed by atoms with van der Waals surface area (Å²) in [5.74, 6) is 0.606. The Morgan fingerprint density at radius 2 is 1.83 bits per heavy atom. The average molecular weight is 337 g/mol. The van der Waals surface area contributed by atoms with Crippen LogP contribution in [0.4, 0.5) is 10.5 Å². The summed E-state index contributed by atoms with van der Waals surface area (Å²) in [5, 5.41) is 2.54. The Labute approximate surface area is 143 Å². The first-order valence-electron chi connectivity index (χ1n) is 7.60. The van der Waals surface area contributed by atoms with Gasteiger partial charge in [-0.2, -0.15) is 11.8 Å². The van der Waals surface area contributed by atoms with Crippen LogP contribution >= 0.6 is 11.8 Å². The lowest BCUT2D eigenvalue weighted by molar-refractivity contribution is -0.120. The Balaban J connectivity index is 2.89. The van der Waals surface area contributed by atoms with Gasteiger partial charge >= 0.3 is 6.03 Å². The SMILES string of the molecule is CSCCC(NC(N)=O)C(=O)N(C)c1ccc(C(C)(C)C)cc1. The molecule has 23 heavy (non-hydrogen) atoms. The highest BCUT2D eigenvalue weighted by Gasteiger charge is 2.24. The topological polar surface area (TPSA) is 75.4 Å². The number of likely N-dealkylation sites (N-methyl/N-ethyl adjacent to an activating group) is 1. The number of nitrogens with one attached hydrogen (secondary N) is 1. The van der Waals surface area contributed by atoms with Crippen molar-refractivity contribution in [3.8, 4) is 0 Å². The molecule has 0 bridgehead atoms. The van der Waals surface area contributed by atoms with Gasteiger partial charge < -0.3 is 16.0 Å². The second-order valence-corrected chi connectivity index (χ2v) is 7.52. The van der Waals surface area contributed by atoms with Crippen LogP contribution in [0, 0.1) is 0 Å².